The largest absolute Gasteiger partial charge is 0.512 e. The molecule has 0 aliphatic rings. The monoisotopic (exact) mass is 178 g/mol. The van der Waals surface area contributed by atoms with Crippen molar-refractivity contribution in [3.63, 3.8) is 0 Å². The van der Waals surface area contributed by atoms with Crippen LogP contribution in [0.25, 0.3) is 0 Å². The summed E-state index contributed by atoms with van der Waals surface area (Å²) in [6.45, 7) is 0.861. The normalized spacial score (nSPS) is 7.92. The predicted octanol–water partition coefficient (Wildman–Crippen LogP) is -1.17. The summed E-state index contributed by atoms with van der Waals surface area (Å²) in [5.74, 6) is -0.00463. The molecule has 0 unspecified atom stereocenters. The molecule has 0 saturated heterocycles. The van der Waals surface area contributed by atoms with E-state index in [0.717, 1.165) is 0 Å². The van der Waals surface area contributed by atoms with Crippen LogP contribution in [0.15, 0.2) is 11.3 Å². The molecule has 0 fully saturated rings. The van der Waals surface area contributed by atoms with Gasteiger partial charge in [0.1, 0.15) is 0 Å². The minimum absolute atomic E-state index is 0.00463. The second-order valence-corrected chi connectivity index (χ2v) is 1.91. The van der Waals surface area contributed by atoms with Gasteiger partial charge in [0.2, 0.25) is 0 Å². The molecule has 0 radical (unpaired) electrons. The molecule has 7 N–H and O–H groups in total. The quantitative estimate of drug-likeness (QED) is 0.341. The van der Waals surface area contributed by atoms with Gasteiger partial charge in [-0.05, 0) is 6.92 Å². The molecule has 0 saturated carbocycles. The summed E-state index contributed by atoms with van der Waals surface area (Å²) in [6.07, 6.45) is 0. The maximum Gasteiger partial charge on any atom is 0.309 e. The third-order valence-corrected chi connectivity index (χ3v) is 0.893. The Bertz CT molecular complexity index is 153. The fourth-order valence-corrected chi connectivity index (χ4v) is 0.279. The number of nitrogens with two attached hydrogens (primary N) is 2. The molecule has 0 aliphatic heterocycles. The molecular formula is C6H14N2O4. The molecule has 0 aromatic carbocycles. The van der Waals surface area contributed by atoms with E-state index in [0.29, 0.717) is 0 Å². The van der Waals surface area contributed by atoms with Crippen molar-refractivity contribution in [1.29, 1.82) is 0 Å². The lowest BCUT2D eigenvalue weighted by atomic mass is 10.3. The first-order chi connectivity index (χ1) is 5.45. The van der Waals surface area contributed by atoms with E-state index in [1.54, 1.807) is 0 Å². The van der Waals surface area contributed by atoms with Crippen LogP contribution < -0.4 is 11.5 Å². The van der Waals surface area contributed by atoms with Gasteiger partial charge in [0.25, 0.3) is 0 Å². The summed E-state index contributed by atoms with van der Waals surface area (Å²) in [5, 5.41) is 25.2. The van der Waals surface area contributed by atoms with Crippen molar-refractivity contribution < 1.29 is 20.1 Å². The number of hydrogen-bond donors (Lipinski definition) is 5. The Hall–Kier alpha value is -1.27. The summed E-state index contributed by atoms with van der Waals surface area (Å²) in [4.78, 5) is 9.00. The summed E-state index contributed by atoms with van der Waals surface area (Å²) in [5.41, 5.74) is 8.77. The molecular weight excluding hydrogens is 164 g/mol. The number of allylic oxidation sites excluding steroid dienone is 1. The highest BCUT2D eigenvalue weighted by molar-refractivity contribution is 5.69. The Morgan fingerprint density at radius 3 is 1.50 bits per heavy atom. The Morgan fingerprint density at radius 1 is 1.25 bits per heavy atom. The van der Waals surface area contributed by atoms with Crippen LogP contribution in [0.1, 0.15) is 6.92 Å². The van der Waals surface area contributed by atoms with Crippen molar-refractivity contribution in [3.8, 4) is 0 Å². The van der Waals surface area contributed by atoms with Crippen molar-refractivity contribution in [1.82, 2.24) is 0 Å². The second kappa shape index (κ2) is 7.83. The van der Waals surface area contributed by atoms with Gasteiger partial charge in [-0.3, -0.25) is 0 Å². The van der Waals surface area contributed by atoms with Gasteiger partial charge in [-0.15, -0.1) is 0 Å². The van der Waals surface area contributed by atoms with Gasteiger partial charge in [-0.1, -0.05) is 0 Å². The molecule has 0 aliphatic carbocycles. The number of hydrogen-bond acceptors (Lipinski definition) is 4. The van der Waals surface area contributed by atoms with Crippen LogP contribution in [0.4, 0.5) is 4.79 Å². The highest BCUT2D eigenvalue weighted by Crippen LogP contribution is 1.96. The topological polar surface area (TPSA) is 130 Å². The summed E-state index contributed by atoms with van der Waals surface area (Å²) in [7, 11) is 0. The lowest BCUT2D eigenvalue weighted by Crippen LogP contribution is -2.18. The van der Waals surface area contributed by atoms with Gasteiger partial charge in [-0.25, -0.2) is 4.79 Å². The van der Waals surface area contributed by atoms with Crippen molar-refractivity contribution in [3.05, 3.63) is 11.3 Å². The molecule has 0 bridgehead atoms. The zero-order valence-electron chi connectivity index (χ0n) is 6.82. The number of carbonyl (C=O) groups is 1. The predicted molar refractivity (Wildman–Crippen MR) is 43.3 cm³/mol. The van der Waals surface area contributed by atoms with Gasteiger partial charge in [-0.2, -0.15) is 0 Å². The van der Waals surface area contributed by atoms with Crippen LogP contribution in [0.2, 0.25) is 0 Å². The van der Waals surface area contributed by atoms with Crippen LogP contribution in [-0.2, 0) is 0 Å². The lowest BCUT2D eigenvalue weighted by Gasteiger charge is -1.97. The van der Waals surface area contributed by atoms with Crippen LogP contribution in [0.3, 0.4) is 0 Å². The minimum Gasteiger partial charge on any atom is -0.512 e. The van der Waals surface area contributed by atoms with E-state index >= 15 is 0 Å². The Labute approximate surface area is 70.1 Å². The van der Waals surface area contributed by atoms with Crippen LogP contribution in [-0.4, -0.2) is 34.6 Å². The smallest absolute Gasteiger partial charge is 0.309 e. The molecule has 0 aromatic heterocycles. The van der Waals surface area contributed by atoms with E-state index in [1.807, 2.05) is 0 Å². The Balaban J connectivity index is 0. The van der Waals surface area contributed by atoms with Gasteiger partial charge < -0.3 is 26.8 Å². The van der Waals surface area contributed by atoms with Crippen molar-refractivity contribution in [2.45, 2.75) is 6.92 Å². The molecule has 0 rings (SSSR count). The van der Waals surface area contributed by atoms with Gasteiger partial charge >= 0.3 is 6.03 Å². The molecule has 0 spiro atoms. The van der Waals surface area contributed by atoms with E-state index in [4.69, 9.17) is 20.1 Å². The van der Waals surface area contributed by atoms with Gasteiger partial charge in [0, 0.05) is 5.57 Å². The van der Waals surface area contributed by atoms with Crippen molar-refractivity contribution in [2.75, 3.05) is 13.2 Å². The van der Waals surface area contributed by atoms with Gasteiger partial charge in [0.15, 0.2) is 0 Å². The van der Waals surface area contributed by atoms with Crippen LogP contribution >= 0.6 is 0 Å². The Morgan fingerprint density at radius 2 is 1.50 bits per heavy atom. The SMILES string of the molecule is CC(O)=C(CO)CO.NC(N)=O. The first kappa shape index (κ1) is 13.3. The number of rotatable bonds is 2. The molecule has 0 atom stereocenters. The molecule has 6 nitrogen and oxygen atoms in total. The standard InChI is InChI=1S/C5H10O3.CH4N2O/c1-4(8)5(2-6)3-7;2-1(3)4/h6-8H,2-3H2,1H3;(H4,2,3,4). The maximum atomic E-state index is 9.00. The number of aliphatic hydroxyl groups is 3. The molecule has 2 amide bonds. The fraction of sp³-hybridized carbons (Fsp3) is 0.500. The second-order valence-electron chi connectivity index (χ2n) is 1.91. The molecule has 0 aromatic rings. The fourth-order valence-electron chi connectivity index (χ4n) is 0.279. The maximum absolute atomic E-state index is 9.00. The van der Waals surface area contributed by atoms with Crippen LogP contribution in [0, 0.1) is 0 Å². The first-order valence-electron chi connectivity index (χ1n) is 3.09. The van der Waals surface area contributed by atoms with Crippen molar-refractivity contribution >= 4 is 6.03 Å². The summed E-state index contributed by atoms with van der Waals surface area (Å²) >= 11 is 0. The molecule has 72 valence electrons. The average Bonchev–Trinajstić information content (AvgIpc) is 1.87. The summed E-state index contributed by atoms with van der Waals surface area (Å²) < 4.78 is 0. The molecule has 6 heteroatoms. The average molecular weight is 178 g/mol. The third kappa shape index (κ3) is 11.5. The number of carbonyl (C=O) groups excluding carboxylic acids is 1. The number of primary amides is 2. The minimum atomic E-state index is -0.833. The highest BCUT2D eigenvalue weighted by Gasteiger charge is 1.95. The van der Waals surface area contributed by atoms with E-state index in [2.05, 4.69) is 11.5 Å². The Kier molecular flexibility index (Phi) is 8.70. The number of aliphatic hydroxyl groups excluding tert-OH is 3. The van der Waals surface area contributed by atoms with E-state index in [9.17, 15) is 0 Å². The molecule has 12 heavy (non-hydrogen) atoms. The zero-order valence-corrected chi connectivity index (χ0v) is 6.82. The van der Waals surface area contributed by atoms with E-state index < -0.39 is 6.03 Å². The third-order valence-electron chi connectivity index (χ3n) is 0.893. The highest BCUT2D eigenvalue weighted by atomic mass is 16.3. The number of amides is 2. The van der Waals surface area contributed by atoms with Gasteiger partial charge in [0.05, 0.1) is 19.0 Å². The van der Waals surface area contributed by atoms with Crippen LogP contribution in [0.5, 0.6) is 0 Å². The van der Waals surface area contributed by atoms with E-state index in [1.165, 1.54) is 6.92 Å². The summed E-state index contributed by atoms with van der Waals surface area (Å²) in [6, 6.07) is -0.833. The molecule has 0 heterocycles. The number of urea groups is 1. The first-order valence-corrected chi connectivity index (χ1v) is 3.09. The lowest BCUT2D eigenvalue weighted by molar-refractivity contribution is 0.256. The zero-order chi connectivity index (χ0) is 10.1. The van der Waals surface area contributed by atoms with E-state index in [-0.39, 0.29) is 24.5 Å². The van der Waals surface area contributed by atoms with Crippen molar-refractivity contribution in [2.24, 2.45) is 11.5 Å².